The lowest BCUT2D eigenvalue weighted by molar-refractivity contribution is -0.461. The van der Waals surface area contributed by atoms with Crippen LogP contribution in [0.2, 0.25) is 0 Å². The van der Waals surface area contributed by atoms with E-state index in [0.29, 0.717) is 10.1 Å². The highest BCUT2D eigenvalue weighted by molar-refractivity contribution is 14.1. The molecule has 206 valence electrons. The Morgan fingerprint density at radius 2 is 1.77 bits per heavy atom. The second-order valence-electron chi connectivity index (χ2n) is 9.73. The number of nitrogens with zero attached hydrogens (tertiary/aromatic N) is 1. The summed E-state index contributed by atoms with van der Waals surface area (Å²) in [7, 11) is 0. The van der Waals surface area contributed by atoms with E-state index in [-0.39, 0.29) is 18.0 Å². The summed E-state index contributed by atoms with van der Waals surface area (Å²) < 4.78 is 65.8. The van der Waals surface area contributed by atoms with Crippen LogP contribution in [0, 0.1) is 0 Å². The molecule has 1 aliphatic carbocycles. The van der Waals surface area contributed by atoms with Crippen LogP contribution in [0.25, 0.3) is 0 Å². The molecule has 1 atom stereocenters. The molecule has 39 heavy (non-hydrogen) atoms. The van der Waals surface area contributed by atoms with E-state index in [0.717, 1.165) is 48.9 Å². The van der Waals surface area contributed by atoms with Crippen LogP contribution in [0.4, 0.5) is 22.4 Å². The number of aromatic nitrogens is 1. The van der Waals surface area contributed by atoms with Crippen molar-refractivity contribution in [2.75, 3.05) is 0 Å². The van der Waals surface area contributed by atoms with Crippen molar-refractivity contribution in [3.63, 3.8) is 0 Å². The minimum atomic E-state index is -4.49. The molecule has 1 saturated carbocycles. The molecular formula is C28H26F4IN3O3. The molecule has 2 heterocycles. The first-order valence-corrected chi connectivity index (χ1v) is 14.1. The van der Waals surface area contributed by atoms with Crippen molar-refractivity contribution < 1.29 is 31.8 Å². The molecule has 2 aromatic carbocycles. The number of carbonyl (C=O) groups is 1. The van der Waals surface area contributed by atoms with E-state index in [1.165, 1.54) is 6.07 Å². The van der Waals surface area contributed by atoms with Crippen LogP contribution < -0.4 is 15.4 Å². The Balaban J connectivity index is 1.66. The van der Waals surface area contributed by atoms with Gasteiger partial charge in [0.1, 0.15) is 11.3 Å². The van der Waals surface area contributed by atoms with E-state index in [2.05, 4.69) is 47.7 Å². The molecule has 11 heteroatoms. The molecule has 5 rings (SSSR count). The van der Waals surface area contributed by atoms with Crippen LogP contribution in [0.5, 0.6) is 5.75 Å². The van der Waals surface area contributed by atoms with Crippen LogP contribution in [0.15, 0.2) is 66.9 Å². The molecule has 3 aromatic rings. The van der Waals surface area contributed by atoms with Crippen molar-refractivity contribution in [3.8, 4) is 5.75 Å². The average molecular weight is 655 g/mol. The van der Waals surface area contributed by atoms with Crippen molar-refractivity contribution >= 4 is 28.6 Å². The van der Waals surface area contributed by atoms with Crippen molar-refractivity contribution in [3.05, 3.63) is 94.8 Å². The number of halogens is 5. The van der Waals surface area contributed by atoms with Crippen LogP contribution >= 0.6 is 22.6 Å². The molecule has 0 radical (unpaired) electrons. The lowest BCUT2D eigenvalue weighted by Gasteiger charge is -2.37. The Bertz CT molecular complexity index is 1320. The van der Waals surface area contributed by atoms with Crippen molar-refractivity contribution in [1.82, 2.24) is 15.6 Å². The first-order chi connectivity index (χ1) is 18.6. The number of alkyl halides is 5. The highest BCUT2D eigenvalue weighted by Crippen LogP contribution is 2.48. The van der Waals surface area contributed by atoms with E-state index >= 15 is 0 Å². The molecule has 0 spiro atoms. The topological polar surface area (TPSA) is 72.5 Å². The van der Waals surface area contributed by atoms with E-state index in [9.17, 15) is 22.4 Å². The van der Waals surface area contributed by atoms with Gasteiger partial charge in [-0.2, -0.15) is 8.78 Å². The molecule has 1 aromatic heterocycles. The summed E-state index contributed by atoms with van der Waals surface area (Å²) in [6.45, 7) is 0. The van der Waals surface area contributed by atoms with Gasteiger partial charge in [0.05, 0.1) is 11.3 Å². The predicted octanol–water partition coefficient (Wildman–Crippen LogP) is 6.75. The summed E-state index contributed by atoms with van der Waals surface area (Å²) in [5, 5.41) is 6.03. The average Bonchev–Trinajstić information content (AvgIpc) is 3.40. The van der Waals surface area contributed by atoms with Gasteiger partial charge < -0.3 is 15.4 Å². The lowest BCUT2D eigenvalue weighted by Crippen LogP contribution is -2.54. The number of fused-ring (bicyclic) bond motifs is 1. The molecule has 2 aliphatic rings. The van der Waals surface area contributed by atoms with E-state index in [1.807, 2.05) is 36.4 Å². The van der Waals surface area contributed by atoms with E-state index in [4.69, 9.17) is 0 Å². The number of carbonyl (C=O) groups excluding carboxylic acids is 1. The van der Waals surface area contributed by atoms with Gasteiger partial charge in [-0.3, -0.25) is 4.98 Å². The fourth-order valence-electron chi connectivity index (χ4n) is 5.13. The molecule has 0 bridgehead atoms. The molecular weight excluding hydrogens is 629 g/mol. The van der Waals surface area contributed by atoms with Gasteiger partial charge in [0, 0.05) is 23.1 Å². The van der Waals surface area contributed by atoms with Crippen LogP contribution in [-0.2, 0) is 27.2 Å². The van der Waals surface area contributed by atoms with Gasteiger partial charge in [0.25, 0.3) is 0 Å². The minimum Gasteiger partial charge on any atom is -0.409 e. The molecule has 0 saturated heterocycles. The lowest BCUT2D eigenvalue weighted by atomic mass is 9.79. The zero-order chi connectivity index (χ0) is 27.7. The second-order valence-corrected chi connectivity index (χ2v) is 10.5. The predicted molar refractivity (Wildman–Crippen MR) is 144 cm³/mol. The van der Waals surface area contributed by atoms with Crippen molar-refractivity contribution in [2.45, 2.75) is 60.5 Å². The second kappa shape index (κ2) is 10.9. The van der Waals surface area contributed by atoms with Crippen LogP contribution in [-0.4, -0.2) is 23.4 Å². The Kier molecular flexibility index (Phi) is 7.73. The number of ether oxygens (including phenoxy) is 2. The van der Waals surface area contributed by atoms with Gasteiger partial charge >= 0.3 is 18.4 Å². The van der Waals surface area contributed by atoms with Gasteiger partial charge in [-0.05, 0) is 47.7 Å². The Morgan fingerprint density at radius 3 is 2.44 bits per heavy atom. The third-order valence-corrected chi connectivity index (χ3v) is 7.89. The van der Waals surface area contributed by atoms with Gasteiger partial charge in [-0.25, -0.2) is 9.53 Å². The highest BCUT2D eigenvalue weighted by atomic mass is 127. The molecule has 0 unspecified atom stereocenters. The zero-order valence-corrected chi connectivity index (χ0v) is 22.9. The summed E-state index contributed by atoms with van der Waals surface area (Å²) in [6.07, 6.45) is -3.33. The normalized spacial score (nSPS) is 19.4. The first kappa shape index (κ1) is 27.6. The SMILES string of the molecule is O=C(NC1CCCC1)N[C@@](Cc1ccccc1)(c1ccc2c(c1)C(F)(F)OC(F)(F)O2)c1ccc(CI)cn1. The number of rotatable bonds is 7. The minimum absolute atomic E-state index is 0.00863. The van der Waals surface area contributed by atoms with Crippen LogP contribution in [0.1, 0.15) is 53.6 Å². The van der Waals surface area contributed by atoms with E-state index < -0.39 is 35.3 Å². The largest absolute Gasteiger partial charge is 0.540 e. The summed E-state index contributed by atoms with van der Waals surface area (Å²) in [5.41, 5.74) is 0.0154. The molecule has 2 amide bonds. The maximum atomic E-state index is 14.8. The number of benzene rings is 2. The number of amides is 2. The standard InChI is InChI=1S/C28H26F4IN3O3/c29-27(30)22-14-20(11-12-23(22)38-28(31,32)39-27)26(15-18-6-2-1-3-7-18,24-13-10-19(16-33)17-34-24)36-25(37)35-21-8-4-5-9-21/h1-3,6-7,10-14,17,21H,4-5,8-9,15-16H2,(H2,35,36,37)/t26-/m0/s1. The molecule has 1 aliphatic heterocycles. The van der Waals surface area contributed by atoms with Gasteiger partial charge in [-0.1, -0.05) is 77.9 Å². The fourth-order valence-corrected chi connectivity index (χ4v) is 5.58. The van der Waals surface area contributed by atoms with Gasteiger partial charge in [-0.15, -0.1) is 8.78 Å². The number of hydrogen-bond donors (Lipinski definition) is 2. The fraction of sp³-hybridized carbons (Fsp3) is 0.357. The number of urea groups is 1. The Hall–Kier alpha value is -2.93. The Morgan fingerprint density at radius 1 is 1.03 bits per heavy atom. The summed E-state index contributed by atoms with van der Waals surface area (Å²) >= 11 is 2.20. The van der Waals surface area contributed by atoms with Crippen molar-refractivity contribution in [1.29, 1.82) is 0 Å². The Labute approximate surface area is 236 Å². The summed E-state index contributed by atoms with van der Waals surface area (Å²) in [4.78, 5) is 18.1. The maximum Gasteiger partial charge on any atom is 0.540 e. The zero-order valence-electron chi connectivity index (χ0n) is 20.7. The third-order valence-electron chi connectivity index (χ3n) is 7.01. The smallest absolute Gasteiger partial charge is 0.409 e. The monoisotopic (exact) mass is 655 g/mol. The summed E-state index contributed by atoms with van der Waals surface area (Å²) in [6, 6.07) is 15.8. The molecule has 6 nitrogen and oxygen atoms in total. The number of nitrogens with one attached hydrogen (secondary N) is 2. The molecule has 2 N–H and O–H groups in total. The summed E-state index contributed by atoms with van der Waals surface area (Å²) in [5.74, 6) is -0.711. The number of hydrogen-bond acceptors (Lipinski definition) is 4. The third kappa shape index (κ3) is 5.98. The number of pyridine rings is 1. The van der Waals surface area contributed by atoms with Crippen LogP contribution in [0.3, 0.4) is 0 Å². The first-order valence-electron chi connectivity index (χ1n) is 12.5. The van der Waals surface area contributed by atoms with Crippen molar-refractivity contribution in [2.24, 2.45) is 0 Å². The van der Waals surface area contributed by atoms with E-state index in [1.54, 1.807) is 12.3 Å². The maximum absolute atomic E-state index is 14.8. The highest BCUT2D eigenvalue weighted by Gasteiger charge is 2.55. The quantitative estimate of drug-likeness (QED) is 0.168. The molecule has 1 fully saturated rings. The van der Waals surface area contributed by atoms with Gasteiger partial charge in [0.15, 0.2) is 0 Å². The van der Waals surface area contributed by atoms with Gasteiger partial charge in [0.2, 0.25) is 0 Å².